The molecule has 3 rings (SSSR count). The van der Waals surface area contributed by atoms with Crippen LogP contribution in [0.4, 0.5) is 5.95 Å². The van der Waals surface area contributed by atoms with Gasteiger partial charge in [0.25, 0.3) is 0 Å². The summed E-state index contributed by atoms with van der Waals surface area (Å²) in [4.78, 5) is 11.9. The summed E-state index contributed by atoms with van der Waals surface area (Å²) in [7, 11) is 0. The molecule has 4 atom stereocenters. The molecule has 2 aromatic rings. The smallest absolute Gasteiger partial charge is 0.222 e. The number of aliphatic hydroxyl groups is 3. The Labute approximate surface area is 129 Å². The monoisotopic (exact) mass is 325 g/mol. The molecule has 1 aliphatic heterocycles. The molecule has 0 spiro atoms. The second-order valence-corrected chi connectivity index (χ2v) is 4.98. The van der Waals surface area contributed by atoms with Crippen LogP contribution in [0.1, 0.15) is 6.23 Å². The maximum Gasteiger partial charge on any atom is 0.222 e. The van der Waals surface area contributed by atoms with Gasteiger partial charge in [-0.2, -0.15) is 4.98 Å². The lowest BCUT2D eigenvalue weighted by Gasteiger charge is -2.26. The summed E-state index contributed by atoms with van der Waals surface area (Å²) in [5.41, 5.74) is 4.22. The molecule has 1 saturated heterocycles. The van der Waals surface area contributed by atoms with E-state index >= 15 is 0 Å². The van der Waals surface area contributed by atoms with Gasteiger partial charge < -0.3 is 25.8 Å². The Morgan fingerprint density at radius 1 is 1.50 bits per heavy atom. The van der Waals surface area contributed by atoms with Crippen molar-refractivity contribution in [3.05, 3.63) is 12.5 Å². The van der Waals surface area contributed by atoms with Gasteiger partial charge in [0.05, 0.1) is 19.1 Å². The van der Waals surface area contributed by atoms with E-state index in [1.807, 2.05) is 5.38 Å². The zero-order valence-electron chi connectivity index (χ0n) is 11.1. The maximum atomic E-state index is 10.7. The highest BCUT2D eigenvalue weighted by atomic mass is 35.5. The summed E-state index contributed by atoms with van der Waals surface area (Å²) in [6, 6.07) is 0. The fraction of sp³-hybridized carbons (Fsp3) is 0.417. The Morgan fingerprint density at radius 2 is 2.27 bits per heavy atom. The lowest BCUT2D eigenvalue weighted by Crippen LogP contribution is -2.45. The zero-order valence-corrected chi connectivity index (χ0v) is 11.8. The van der Waals surface area contributed by atoms with Crippen LogP contribution in [-0.2, 0) is 4.74 Å². The lowest BCUT2D eigenvalue weighted by atomic mass is 9.95. The Kier molecular flexibility index (Phi) is 3.64. The van der Waals surface area contributed by atoms with Gasteiger partial charge in [-0.3, -0.25) is 4.57 Å². The highest BCUT2D eigenvalue weighted by Crippen LogP contribution is 2.39. The van der Waals surface area contributed by atoms with Crippen LogP contribution in [-0.4, -0.2) is 59.3 Å². The molecule has 9 nitrogen and oxygen atoms in total. The fourth-order valence-electron chi connectivity index (χ4n) is 2.42. The van der Waals surface area contributed by atoms with Gasteiger partial charge in [0.1, 0.15) is 17.7 Å². The summed E-state index contributed by atoms with van der Waals surface area (Å²) in [5.74, 6) is 2.33. The van der Waals surface area contributed by atoms with Gasteiger partial charge in [-0.05, 0) is 17.5 Å². The van der Waals surface area contributed by atoms with E-state index in [4.69, 9.17) is 22.1 Å². The van der Waals surface area contributed by atoms with Crippen LogP contribution in [0.5, 0.6) is 0 Å². The molecule has 1 aliphatic rings. The van der Waals surface area contributed by atoms with Gasteiger partial charge in [-0.25, -0.2) is 9.97 Å². The molecule has 116 valence electrons. The first-order valence-electron chi connectivity index (χ1n) is 6.26. The van der Waals surface area contributed by atoms with Gasteiger partial charge in [0.2, 0.25) is 11.5 Å². The highest BCUT2D eigenvalue weighted by molar-refractivity contribution is 6.30. The number of nitrogens with zero attached hydrogens (tertiary/aromatic N) is 4. The predicted molar refractivity (Wildman–Crippen MR) is 75.3 cm³/mol. The van der Waals surface area contributed by atoms with E-state index in [0.717, 1.165) is 0 Å². The molecule has 1 fully saturated rings. The van der Waals surface area contributed by atoms with E-state index in [2.05, 4.69) is 20.9 Å². The molecule has 10 heteroatoms. The summed E-state index contributed by atoms with van der Waals surface area (Å²) in [5, 5.41) is 32.1. The molecule has 0 bridgehead atoms. The molecule has 0 aliphatic carbocycles. The molecule has 5 N–H and O–H groups in total. The number of nitrogens with two attached hydrogens (primary N) is 1. The minimum atomic E-state index is -2.04. The van der Waals surface area contributed by atoms with Crippen LogP contribution in [0.2, 0.25) is 0 Å². The van der Waals surface area contributed by atoms with Crippen molar-refractivity contribution in [3.8, 4) is 11.3 Å². The summed E-state index contributed by atoms with van der Waals surface area (Å²) in [6.07, 6.45) is -0.925. The van der Waals surface area contributed by atoms with Gasteiger partial charge in [0, 0.05) is 5.38 Å². The number of halogens is 1. The van der Waals surface area contributed by atoms with Crippen molar-refractivity contribution in [1.29, 1.82) is 0 Å². The number of imidazole rings is 1. The number of hydrogen-bond acceptors (Lipinski definition) is 8. The van der Waals surface area contributed by atoms with Crippen molar-refractivity contribution < 1.29 is 20.1 Å². The summed E-state index contributed by atoms with van der Waals surface area (Å²) in [6.45, 7) is -0.506. The number of hydrogen-bond donors (Lipinski definition) is 4. The largest absolute Gasteiger partial charge is 0.394 e. The van der Waals surface area contributed by atoms with Gasteiger partial charge in [-0.1, -0.05) is 0 Å². The van der Waals surface area contributed by atoms with Crippen LogP contribution >= 0.6 is 11.6 Å². The average molecular weight is 326 g/mol. The summed E-state index contributed by atoms with van der Waals surface area (Å²) < 4.78 is 6.85. The molecule has 0 radical (unpaired) electrons. The second kappa shape index (κ2) is 5.35. The molecule has 2 aromatic heterocycles. The van der Waals surface area contributed by atoms with Gasteiger partial charge in [-0.15, -0.1) is 0 Å². The maximum absolute atomic E-state index is 10.7. The standard InChI is InChI=1S/C12H12ClN5O4/c13-2-1-12(21)8(20)7(4-19)22-10(12)18-5-16-6-3-15-11(14)17-9(6)18/h3,5,7-8,10,19-21H,4H2,(H2,14,15,17)/t7-,8?,10-,12-/m1/s1. The SMILES string of the molecule is Nc1ncc2ncn([C@@H]3O[C@H](CO)C(O)[C@]3(O)C#CCl)c2n1. The Hall–Kier alpha value is -1.96. The first-order chi connectivity index (χ1) is 10.5. The number of aromatic nitrogens is 4. The van der Waals surface area contributed by atoms with Crippen molar-refractivity contribution in [3.63, 3.8) is 0 Å². The number of fused-ring (bicyclic) bond motifs is 1. The average Bonchev–Trinajstić information content (AvgIpc) is 3.00. The summed E-state index contributed by atoms with van der Waals surface area (Å²) >= 11 is 5.38. The van der Waals surface area contributed by atoms with E-state index in [1.165, 1.54) is 17.1 Å². The minimum Gasteiger partial charge on any atom is -0.394 e. The third-order valence-electron chi connectivity index (χ3n) is 3.50. The van der Waals surface area contributed by atoms with E-state index in [1.54, 1.807) is 0 Å². The molecule has 0 aromatic carbocycles. The van der Waals surface area contributed by atoms with Crippen molar-refractivity contribution in [2.45, 2.75) is 24.0 Å². The third-order valence-corrected chi connectivity index (χ3v) is 3.59. The number of rotatable bonds is 2. The highest BCUT2D eigenvalue weighted by Gasteiger charge is 2.56. The fourth-order valence-corrected chi connectivity index (χ4v) is 2.57. The predicted octanol–water partition coefficient (Wildman–Crippen LogP) is -1.41. The van der Waals surface area contributed by atoms with Gasteiger partial charge in [0.15, 0.2) is 11.9 Å². The van der Waals surface area contributed by atoms with E-state index < -0.39 is 30.6 Å². The minimum absolute atomic E-state index is 0.0125. The van der Waals surface area contributed by atoms with Crippen molar-refractivity contribution >= 4 is 28.7 Å². The van der Waals surface area contributed by atoms with Crippen molar-refractivity contribution in [2.24, 2.45) is 0 Å². The topological polar surface area (TPSA) is 140 Å². The zero-order chi connectivity index (χ0) is 15.9. The molecule has 0 amide bonds. The van der Waals surface area contributed by atoms with Crippen molar-refractivity contribution in [2.75, 3.05) is 12.3 Å². The molecular weight excluding hydrogens is 314 g/mol. The third kappa shape index (κ3) is 2.09. The number of anilines is 1. The molecule has 3 heterocycles. The molecular formula is C12H12ClN5O4. The van der Waals surface area contributed by atoms with Gasteiger partial charge >= 0.3 is 0 Å². The lowest BCUT2D eigenvalue weighted by molar-refractivity contribution is -0.0721. The van der Waals surface area contributed by atoms with E-state index in [-0.39, 0.29) is 11.6 Å². The Morgan fingerprint density at radius 3 is 2.95 bits per heavy atom. The number of ether oxygens (including phenoxy) is 1. The second-order valence-electron chi connectivity index (χ2n) is 4.79. The molecule has 0 saturated carbocycles. The number of nitrogen functional groups attached to an aromatic ring is 1. The van der Waals surface area contributed by atoms with E-state index in [0.29, 0.717) is 5.52 Å². The Bertz CT molecular complexity index is 772. The van der Waals surface area contributed by atoms with Crippen LogP contribution in [0, 0.1) is 11.3 Å². The quantitative estimate of drug-likeness (QED) is 0.494. The van der Waals surface area contributed by atoms with Crippen LogP contribution < -0.4 is 5.73 Å². The van der Waals surface area contributed by atoms with E-state index in [9.17, 15) is 15.3 Å². The Balaban J connectivity index is 2.14. The molecule has 1 unspecified atom stereocenters. The van der Waals surface area contributed by atoms with Crippen LogP contribution in [0.25, 0.3) is 11.2 Å². The van der Waals surface area contributed by atoms with Crippen LogP contribution in [0.15, 0.2) is 12.5 Å². The molecule has 22 heavy (non-hydrogen) atoms. The number of aliphatic hydroxyl groups excluding tert-OH is 2. The normalized spacial score (nSPS) is 31.2. The first kappa shape index (κ1) is 15.0. The van der Waals surface area contributed by atoms with Crippen LogP contribution in [0.3, 0.4) is 0 Å². The van der Waals surface area contributed by atoms with Crippen molar-refractivity contribution in [1.82, 2.24) is 19.5 Å². The first-order valence-corrected chi connectivity index (χ1v) is 6.63.